The third-order valence-corrected chi connectivity index (χ3v) is 4.36. The van der Waals surface area contributed by atoms with Crippen LogP contribution in [0.15, 0.2) is 42.7 Å². The molecule has 116 valence electrons. The molecule has 0 radical (unpaired) electrons. The van der Waals surface area contributed by atoms with Gasteiger partial charge in [-0.3, -0.25) is 9.48 Å². The minimum Gasteiger partial charge on any atom is -0.323 e. The smallest absolute Gasteiger partial charge is 0.224 e. The highest BCUT2D eigenvalue weighted by Crippen LogP contribution is 2.28. The summed E-state index contributed by atoms with van der Waals surface area (Å²) in [7, 11) is 0. The molecule has 0 bridgehead atoms. The molecule has 0 saturated heterocycles. The summed E-state index contributed by atoms with van der Waals surface area (Å²) in [6.07, 6.45) is 10.5. The van der Waals surface area contributed by atoms with Crippen LogP contribution in [0.2, 0.25) is 0 Å². The first-order chi connectivity index (χ1) is 10.8. The highest BCUT2D eigenvalue weighted by atomic mass is 16.1. The topological polar surface area (TPSA) is 46.9 Å². The van der Waals surface area contributed by atoms with Crippen LogP contribution in [0.25, 0.3) is 0 Å². The van der Waals surface area contributed by atoms with Gasteiger partial charge in [-0.1, -0.05) is 56.0 Å². The number of aromatic nitrogens is 2. The Hall–Kier alpha value is -2.10. The molecule has 0 spiro atoms. The quantitative estimate of drug-likeness (QED) is 0.880. The lowest BCUT2D eigenvalue weighted by Crippen LogP contribution is -2.12. The van der Waals surface area contributed by atoms with Crippen molar-refractivity contribution >= 4 is 11.6 Å². The predicted octanol–water partition coefficient (Wildman–Crippen LogP) is 3.84. The summed E-state index contributed by atoms with van der Waals surface area (Å²) in [6.45, 7) is 0.721. The molecule has 4 nitrogen and oxygen atoms in total. The maximum atomic E-state index is 12.0. The van der Waals surface area contributed by atoms with E-state index in [-0.39, 0.29) is 5.91 Å². The van der Waals surface area contributed by atoms with Gasteiger partial charge in [-0.15, -0.1) is 0 Å². The van der Waals surface area contributed by atoms with Crippen LogP contribution in [0.5, 0.6) is 0 Å². The molecule has 1 aromatic carbocycles. The monoisotopic (exact) mass is 297 g/mol. The molecule has 0 unspecified atom stereocenters. The molecule has 0 aliphatic heterocycles. The Labute approximate surface area is 131 Å². The Morgan fingerprint density at radius 1 is 1.23 bits per heavy atom. The van der Waals surface area contributed by atoms with E-state index < -0.39 is 0 Å². The molecule has 1 heterocycles. The molecule has 1 fully saturated rings. The highest BCUT2D eigenvalue weighted by Gasteiger charge is 2.16. The number of rotatable bonds is 6. The van der Waals surface area contributed by atoms with E-state index in [1.807, 2.05) is 29.1 Å². The van der Waals surface area contributed by atoms with Gasteiger partial charge >= 0.3 is 0 Å². The minimum atomic E-state index is 0.103. The molecule has 4 heteroatoms. The number of nitrogens with one attached hydrogen (secondary N) is 1. The Bertz CT molecular complexity index is 600. The molecule has 2 aromatic rings. The fourth-order valence-corrected chi connectivity index (χ4v) is 3.14. The summed E-state index contributed by atoms with van der Waals surface area (Å²) < 4.78 is 1.85. The summed E-state index contributed by atoms with van der Waals surface area (Å²) in [5, 5.41) is 7.25. The molecular formula is C18H23N3O. The van der Waals surface area contributed by atoms with Crippen molar-refractivity contribution in [2.75, 3.05) is 5.32 Å². The van der Waals surface area contributed by atoms with Crippen molar-refractivity contribution in [1.82, 2.24) is 9.78 Å². The molecule has 0 atom stereocenters. The summed E-state index contributed by atoms with van der Waals surface area (Å²) in [4.78, 5) is 12.0. The number of carbonyl (C=O) groups excluding carboxylic acids is 1. The summed E-state index contributed by atoms with van der Waals surface area (Å²) >= 11 is 0. The number of hydrogen-bond acceptors (Lipinski definition) is 2. The minimum absolute atomic E-state index is 0.103. The number of benzene rings is 1. The van der Waals surface area contributed by atoms with Crippen molar-refractivity contribution in [3.8, 4) is 0 Å². The SMILES string of the molecule is O=C(CCC1CCCC1)Nc1cnn(Cc2ccccc2)c1. The second-order valence-electron chi connectivity index (χ2n) is 6.15. The van der Waals surface area contributed by atoms with Gasteiger partial charge in [0, 0.05) is 12.6 Å². The fraction of sp³-hybridized carbons (Fsp3) is 0.444. The van der Waals surface area contributed by atoms with Gasteiger partial charge in [0.2, 0.25) is 5.91 Å². The van der Waals surface area contributed by atoms with Crippen LogP contribution in [-0.2, 0) is 11.3 Å². The number of hydrogen-bond donors (Lipinski definition) is 1. The van der Waals surface area contributed by atoms with Gasteiger partial charge in [0.15, 0.2) is 0 Å². The maximum absolute atomic E-state index is 12.0. The normalized spacial score (nSPS) is 15.1. The van der Waals surface area contributed by atoms with Crippen molar-refractivity contribution in [3.05, 3.63) is 48.3 Å². The number of carbonyl (C=O) groups is 1. The average Bonchev–Trinajstić information content (AvgIpc) is 3.18. The average molecular weight is 297 g/mol. The lowest BCUT2D eigenvalue weighted by molar-refractivity contribution is -0.116. The van der Waals surface area contributed by atoms with Crippen LogP contribution in [0.4, 0.5) is 5.69 Å². The van der Waals surface area contributed by atoms with Crippen LogP contribution in [-0.4, -0.2) is 15.7 Å². The molecule has 1 saturated carbocycles. The summed E-state index contributed by atoms with van der Waals surface area (Å²) in [5.41, 5.74) is 1.98. The van der Waals surface area contributed by atoms with E-state index in [1.54, 1.807) is 6.20 Å². The predicted molar refractivity (Wildman–Crippen MR) is 87.6 cm³/mol. The van der Waals surface area contributed by atoms with Crippen LogP contribution in [0.3, 0.4) is 0 Å². The number of nitrogens with zero attached hydrogens (tertiary/aromatic N) is 2. The lowest BCUT2D eigenvalue weighted by Gasteiger charge is -2.08. The zero-order valence-electron chi connectivity index (χ0n) is 12.9. The third kappa shape index (κ3) is 4.20. The number of amides is 1. The number of anilines is 1. The van der Waals surface area contributed by atoms with Gasteiger partial charge in [0.05, 0.1) is 18.4 Å². The lowest BCUT2D eigenvalue weighted by atomic mass is 10.0. The van der Waals surface area contributed by atoms with Gasteiger partial charge in [0.1, 0.15) is 0 Å². The second kappa shape index (κ2) is 7.25. The van der Waals surface area contributed by atoms with E-state index in [1.165, 1.54) is 31.2 Å². The van der Waals surface area contributed by atoms with Crippen molar-refractivity contribution in [2.24, 2.45) is 5.92 Å². The van der Waals surface area contributed by atoms with Gasteiger partial charge in [-0.05, 0) is 17.9 Å². The van der Waals surface area contributed by atoms with Crippen molar-refractivity contribution in [1.29, 1.82) is 0 Å². The largest absolute Gasteiger partial charge is 0.323 e. The van der Waals surface area contributed by atoms with Crippen LogP contribution in [0, 0.1) is 5.92 Å². The van der Waals surface area contributed by atoms with Gasteiger partial charge in [0.25, 0.3) is 0 Å². The fourth-order valence-electron chi connectivity index (χ4n) is 3.14. The summed E-state index contributed by atoms with van der Waals surface area (Å²) in [6, 6.07) is 10.2. The molecule has 1 amide bonds. The van der Waals surface area contributed by atoms with Crippen molar-refractivity contribution in [2.45, 2.75) is 45.1 Å². The van der Waals surface area contributed by atoms with E-state index in [4.69, 9.17) is 0 Å². The van der Waals surface area contributed by atoms with Gasteiger partial charge in [-0.2, -0.15) is 5.10 Å². The molecule has 1 aliphatic rings. The zero-order chi connectivity index (χ0) is 15.2. The highest BCUT2D eigenvalue weighted by molar-refractivity contribution is 5.90. The van der Waals surface area contributed by atoms with Crippen LogP contribution < -0.4 is 5.32 Å². The Balaban J connectivity index is 1.47. The first kappa shape index (κ1) is 14.8. The Kier molecular flexibility index (Phi) is 4.88. The van der Waals surface area contributed by atoms with E-state index >= 15 is 0 Å². The van der Waals surface area contributed by atoms with Gasteiger partial charge in [-0.25, -0.2) is 0 Å². The zero-order valence-corrected chi connectivity index (χ0v) is 12.9. The molecule has 1 aliphatic carbocycles. The standard InChI is InChI=1S/C18H23N3O/c22-18(11-10-15-6-4-5-7-15)20-17-12-19-21(14-17)13-16-8-2-1-3-9-16/h1-3,8-9,12,14-15H,4-7,10-11,13H2,(H,20,22). The second-order valence-corrected chi connectivity index (χ2v) is 6.15. The van der Waals surface area contributed by atoms with E-state index in [0.717, 1.165) is 24.6 Å². The van der Waals surface area contributed by atoms with Crippen LogP contribution >= 0.6 is 0 Å². The molecule has 1 aromatic heterocycles. The molecule has 1 N–H and O–H groups in total. The van der Waals surface area contributed by atoms with Crippen molar-refractivity contribution < 1.29 is 4.79 Å². The van der Waals surface area contributed by atoms with E-state index in [0.29, 0.717) is 6.42 Å². The van der Waals surface area contributed by atoms with E-state index in [9.17, 15) is 4.79 Å². The first-order valence-corrected chi connectivity index (χ1v) is 8.16. The molecule has 3 rings (SSSR count). The Morgan fingerprint density at radius 2 is 2.00 bits per heavy atom. The summed E-state index contributed by atoms with van der Waals surface area (Å²) in [5.74, 6) is 0.859. The van der Waals surface area contributed by atoms with Crippen molar-refractivity contribution in [3.63, 3.8) is 0 Å². The molecular weight excluding hydrogens is 274 g/mol. The van der Waals surface area contributed by atoms with Gasteiger partial charge < -0.3 is 5.32 Å². The Morgan fingerprint density at radius 3 is 2.77 bits per heavy atom. The maximum Gasteiger partial charge on any atom is 0.224 e. The first-order valence-electron chi connectivity index (χ1n) is 8.16. The van der Waals surface area contributed by atoms with E-state index in [2.05, 4.69) is 22.5 Å². The van der Waals surface area contributed by atoms with Crippen LogP contribution in [0.1, 0.15) is 44.1 Å². The molecule has 22 heavy (non-hydrogen) atoms. The third-order valence-electron chi connectivity index (χ3n) is 4.36.